The second kappa shape index (κ2) is 9.56. The molecule has 0 aromatic heterocycles. The van der Waals surface area contributed by atoms with E-state index in [9.17, 15) is 9.59 Å². The summed E-state index contributed by atoms with van der Waals surface area (Å²) >= 11 is 0. The minimum Gasteiger partial charge on any atom is -0.482 e. The fourth-order valence-corrected chi connectivity index (χ4v) is 2.59. The van der Waals surface area contributed by atoms with Gasteiger partial charge in [0.1, 0.15) is 11.8 Å². The average Bonchev–Trinajstić information content (AvgIpc) is 2.66. The molecule has 0 aliphatic rings. The van der Waals surface area contributed by atoms with Crippen LogP contribution in [0.4, 0.5) is 5.69 Å². The number of ether oxygens (including phenoxy) is 2. The van der Waals surface area contributed by atoms with Gasteiger partial charge >= 0.3 is 5.97 Å². The number of carbonyl (C=O) groups is 2. The highest BCUT2D eigenvalue weighted by Crippen LogP contribution is 2.27. The Morgan fingerprint density at radius 2 is 1.86 bits per heavy atom. The second-order valence-corrected chi connectivity index (χ2v) is 6.76. The lowest BCUT2D eigenvalue weighted by Crippen LogP contribution is -2.32. The van der Waals surface area contributed by atoms with E-state index >= 15 is 0 Å². The molecule has 2 aromatic rings. The summed E-state index contributed by atoms with van der Waals surface area (Å²) in [4.78, 5) is 24.3. The summed E-state index contributed by atoms with van der Waals surface area (Å²) in [5.74, 6) is -0.287. The van der Waals surface area contributed by atoms with Crippen LogP contribution in [0.5, 0.6) is 5.75 Å². The molecule has 1 unspecified atom stereocenters. The van der Waals surface area contributed by atoms with Crippen molar-refractivity contribution in [3.8, 4) is 11.8 Å². The Kier molecular flexibility index (Phi) is 7.16. The van der Waals surface area contributed by atoms with Crippen molar-refractivity contribution in [1.82, 2.24) is 0 Å². The van der Waals surface area contributed by atoms with Gasteiger partial charge in [0.25, 0.3) is 5.91 Å². The number of nitriles is 1. The lowest BCUT2D eigenvalue weighted by Gasteiger charge is -2.16. The van der Waals surface area contributed by atoms with Gasteiger partial charge in [0, 0.05) is 0 Å². The Morgan fingerprint density at radius 3 is 2.54 bits per heavy atom. The van der Waals surface area contributed by atoms with Crippen molar-refractivity contribution in [3.63, 3.8) is 0 Å². The second-order valence-electron chi connectivity index (χ2n) is 6.76. The summed E-state index contributed by atoms with van der Waals surface area (Å²) in [6.07, 6.45) is -1.02. The van der Waals surface area contributed by atoms with Crippen LogP contribution in [0.1, 0.15) is 43.4 Å². The van der Waals surface area contributed by atoms with E-state index in [-0.39, 0.29) is 12.5 Å². The van der Waals surface area contributed by atoms with Crippen molar-refractivity contribution in [1.29, 1.82) is 5.26 Å². The Hall–Kier alpha value is -3.33. The fraction of sp³-hybridized carbons (Fsp3) is 0.318. The fourth-order valence-electron chi connectivity index (χ4n) is 2.59. The molecular formula is C22H24N2O4. The van der Waals surface area contributed by atoms with Gasteiger partial charge in [-0.05, 0) is 49.1 Å². The topological polar surface area (TPSA) is 88.4 Å². The highest BCUT2D eigenvalue weighted by Gasteiger charge is 2.20. The number of nitrogens with one attached hydrogen (secondary N) is 1. The van der Waals surface area contributed by atoms with Crippen LogP contribution in [0.15, 0.2) is 42.5 Å². The molecule has 28 heavy (non-hydrogen) atoms. The van der Waals surface area contributed by atoms with Crippen LogP contribution in [-0.4, -0.2) is 24.6 Å². The smallest absolute Gasteiger partial charge is 0.344 e. The maximum Gasteiger partial charge on any atom is 0.344 e. The van der Waals surface area contributed by atoms with E-state index in [2.05, 4.69) is 5.32 Å². The first-order valence-corrected chi connectivity index (χ1v) is 9.04. The SMILES string of the molecule is Cc1ccc(C(C)C)c(OCC(=O)OC(C)C(=O)Nc2ccccc2C#N)c1. The molecule has 6 nitrogen and oxygen atoms in total. The molecule has 0 aliphatic carbocycles. The van der Waals surface area contributed by atoms with Crippen LogP contribution in [0, 0.1) is 18.3 Å². The first kappa shape index (κ1) is 21.0. The largest absolute Gasteiger partial charge is 0.482 e. The molecule has 0 spiro atoms. The van der Waals surface area contributed by atoms with Crippen molar-refractivity contribution in [3.05, 3.63) is 59.2 Å². The molecule has 2 aromatic carbocycles. The number of aryl methyl sites for hydroxylation is 1. The molecule has 1 amide bonds. The zero-order valence-electron chi connectivity index (χ0n) is 16.5. The number of amides is 1. The summed E-state index contributed by atoms with van der Waals surface area (Å²) in [6, 6.07) is 14.4. The minimum absolute atomic E-state index is 0.247. The van der Waals surface area contributed by atoms with Crippen molar-refractivity contribution >= 4 is 17.6 Å². The van der Waals surface area contributed by atoms with E-state index in [0.717, 1.165) is 11.1 Å². The number of hydrogen-bond donors (Lipinski definition) is 1. The zero-order chi connectivity index (χ0) is 20.7. The van der Waals surface area contributed by atoms with Gasteiger partial charge in [-0.25, -0.2) is 4.79 Å². The molecule has 0 heterocycles. The maximum absolute atomic E-state index is 12.2. The highest BCUT2D eigenvalue weighted by atomic mass is 16.6. The van der Waals surface area contributed by atoms with E-state index in [4.69, 9.17) is 14.7 Å². The Morgan fingerprint density at radius 1 is 1.14 bits per heavy atom. The monoisotopic (exact) mass is 380 g/mol. The molecule has 0 radical (unpaired) electrons. The standard InChI is InChI=1S/C22H24N2O4/c1-14(2)18-10-9-15(3)11-20(18)27-13-21(25)28-16(4)22(26)24-19-8-6-5-7-17(19)12-23/h5-11,14,16H,13H2,1-4H3,(H,24,26). The van der Waals surface area contributed by atoms with Crippen LogP contribution < -0.4 is 10.1 Å². The van der Waals surface area contributed by atoms with Gasteiger partial charge < -0.3 is 14.8 Å². The minimum atomic E-state index is -1.02. The molecule has 0 fully saturated rings. The lowest BCUT2D eigenvalue weighted by molar-refractivity contribution is -0.155. The molecule has 0 saturated heterocycles. The third kappa shape index (κ3) is 5.58. The summed E-state index contributed by atoms with van der Waals surface area (Å²) in [5.41, 5.74) is 2.72. The summed E-state index contributed by atoms with van der Waals surface area (Å²) < 4.78 is 10.8. The summed E-state index contributed by atoms with van der Waals surface area (Å²) in [6.45, 7) is 7.20. The van der Waals surface area contributed by atoms with E-state index in [1.807, 2.05) is 45.0 Å². The van der Waals surface area contributed by atoms with Crippen molar-refractivity contribution in [2.75, 3.05) is 11.9 Å². The van der Waals surface area contributed by atoms with E-state index in [0.29, 0.717) is 17.0 Å². The quantitative estimate of drug-likeness (QED) is 0.735. The van der Waals surface area contributed by atoms with Gasteiger partial charge in [0.15, 0.2) is 12.7 Å². The first-order chi connectivity index (χ1) is 13.3. The van der Waals surface area contributed by atoms with Crippen LogP contribution in [0.25, 0.3) is 0 Å². The molecule has 1 atom stereocenters. The van der Waals surface area contributed by atoms with Gasteiger partial charge in [-0.1, -0.05) is 38.1 Å². The van der Waals surface area contributed by atoms with Gasteiger partial charge in [-0.3, -0.25) is 4.79 Å². The Balaban J connectivity index is 1.93. The summed E-state index contributed by atoms with van der Waals surface area (Å²) in [5, 5.41) is 11.7. The predicted molar refractivity (Wildman–Crippen MR) is 106 cm³/mol. The molecule has 0 bridgehead atoms. The van der Waals surface area contributed by atoms with Gasteiger partial charge in [0.05, 0.1) is 11.3 Å². The van der Waals surface area contributed by atoms with Crippen LogP contribution >= 0.6 is 0 Å². The highest BCUT2D eigenvalue weighted by molar-refractivity contribution is 5.96. The van der Waals surface area contributed by atoms with E-state index in [1.54, 1.807) is 24.3 Å². The average molecular weight is 380 g/mol. The number of benzene rings is 2. The third-order valence-corrected chi connectivity index (χ3v) is 4.12. The molecular weight excluding hydrogens is 356 g/mol. The van der Waals surface area contributed by atoms with Crippen LogP contribution in [0.2, 0.25) is 0 Å². The molecule has 6 heteroatoms. The van der Waals surface area contributed by atoms with E-state index in [1.165, 1.54) is 6.92 Å². The third-order valence-electron chi connectivity index (χ3n) is 4.12. The normalized spacial score (nSPS) is 11.4. The molecule has 2 rings (SSSR count). The van der Waals surface area contributed by atoms with Crippen molar-refractivity contribution in [2.45, 2.75) is 39.7 Å². The van der Waals surface area contributed by atoms with Crippen LogP contribution in [-0.2, 0) is 14.3 Å². The number of rotatable bonds is 7. The molecule has 0 aliphatic heterocycles. The Bertz CT molecular complexity index is 900. The van der Waals surface area contributed by atoms with Gasteiger partial charge in [-0.15, -0.1) is 0 Å². The van der Waals surface area contributed by atoms with Gasteiger partial charge in [0.2, 0.25) is 0 Å². The number of carbonyl (C=O) groups excluding carboxylic acids is 2. The van der Waals surface area contributed by atoms with Crippen LogP contribution in [0.3, 0.4) is 0 Å². The van der Waals surface area contributed by atoms with Crippen molar-refractivity contribution in [2.24, 2.45) is 0 Å². The molecule has 1 N–H and O–H groups in total. The number of esters is 1. The van der Waals surface area contributed by atoms with Gasteiger partial charge in [-0.2, -0.15) is 5.26 Å². The number of anilines is 1. The Labute approximate surface area is 165 Å². The first-order valence-electron chi connectivity index (χ1n) is 9.04. The number of hydrogen-bond acceptors (Lipinski definition) is 5. The maximum atomic E-state index is 12.2. The lowest BCUT2D eigenvalue weighted by atomic mass is 10.0. The van der Waals surface area contributed by atoms with E-state index < -0.39 is 18.0 Å². The number of para-hydroxylation sites is 1. The summed E-state index contributed by atoms with van der Waals surface area (Å²) in [7, 11) is 0. The molecule has 0 saturated carbocycles. The van der Waals surface area contributed by atoms with Crippen molar-refractivity contribution < 1.29 is 19.1 Å². The zero-order valence-corrected chi connectivity index (χ0v) is 16.5. The number of nitrogens with zero attached hydrogens (tertiary/aromatic N) is 1. The predicted octanol–water partition coefficient (Wildman–Crippen LogP) is 3.94. The molecule has 146 valence electrons.